The molecule has 0 unspecified atom stereocenters. The molecule has 0 aliphatic rings. The van der Waals surface area contributed by atoms with Gasteiger partial charge in [-0.15, -0.1) is 4.57 Å². The van der Waals surface area contributed by atoms with Gasteiger partial charge in [-0.2, -0.15) is 10.5 Å². The van der Waals surface area contributed by atoms with Gasteiger partial charge in [0.1, 0.15) is 18.0 Å². The number of hydrogen-bond acceptors (Lipinski definition) is 13. The van der Waals surface area contributed by atoms with Crippen LogP contribution >= 0.6 is 0 Å². The Morgan fingerprint density at radius 3 is 2.10 bits per heavy atom. The molecule has 3 aromatic heterocycles. The number of para-hydroxylation sites is 3. The van der Waals surface area contributed by atoms with E-state index in [2.05, 4.69) is 20.0 Å². The number of hydrogen-bond donors (Lipinski definition) is 2. The van der Waals surface area contributed by atoms with E-state index >= 15 is 0 Å². The summed E-state index contributed by atoms with van der Waals surface area (Å²) in [7, 11) is 1.14. The van der Waals surface area contributed by atoms with Crippen molar-refractivity contribution in [2.45, 2.75) is 13.8 Å². The van der Waals surface area contributed by atoms with Gasteiger partial charge < -0.3 is 29.5 Å². The van der Waals surface area contributed by atoms with Gasteiger partial charge in [0.05, 0.1) is 34.7 Å². The highest BCUT2D eigenvalue weighted by molar-refractivity contribution is 5.95. The fourth-order valence-electron chi connectivity index (χ4n) is 4.06. The number of carbonyl (C=O) groups is 1. The summed E-state index contributed by atoms with van der Waals surface area (Å²) in [5, 5.41) is 35.4. The van der Waals surface area contributed by atoms with Crippen LogP contribution in [0, 0.1) is 28.5 Å². The molecule has 0 saturated heterocycles. The minimum absolute atomic E-state index is 0.0949. The molecule has 3 heterocycles. The van der Waals surface area contributed by atoms with Crippen molar-refractivity contribution < 1.29 is 32.9 Å². The van der Waals surface area contributed by atoms with Gasteiger partial charge in [-0.05, 0) is 62.4 Å². The number of fused-ring (bicyclic) bond motifs is 4. The van der Waals surface area contributed by atoms with Gasteiger partial charge in [0.2, 0.25) is 5.75 Å². The minimum Gasteiger partial charge on any atom is -0.501 e. The van der Waals surface area contributed by atoms with Crippen LogP contribution in [0.25, 0.3) is 27.6 Å². The van der Waals surface area contributed by atoms with Gasteiger partial charge in [-0.25, -0.2) is 14.2 Å². The predicted molar refractivity (Wildman–Crippen MR) is 184 cm³/mol. The number of ether oxygens (including phenoxy) is 1. The summed E-state index contributed by atoms with van der Waals surface area (Å²) in [6.07, 6.45) is 0. The van der Waals surface area contributed by atoms with E-state index in [0.717, 1.165) is 28.4 Å². The lowest BCUT2D eigenvalue weighted by Crippen LogP contribution is -2.18. The van der Waals surface area contributed by atoms with Gasteiger partial charge in [0.15, 0.2) is 34.1 Å². The number of rotatable bonds is 3. The predicted octanol–water partition coefficient (Wildman–Crippen LogP) is 6.37. The summed E-state index contributed by atoms with van der Waals surface area (Å²) in [6, 6.07) is 30.9. The first-order chi connectivity index (χ1) is 24.6. The molecule has 0 aliphatic heterocycles. The molecular weight excluding hydrogens is 661 g/mol. The lowest BCUT2D eigenvalue weighted by atomic mass is 10.2. The van der Waals surface area contributed by atoms with Crippen LogP contribution < -0.4 is 16.1 Å². The Kier molecular flexibility index (Phi) is 12.1. The van der Waals surface area contributed by atoms with Crippen LogP contribution in [0.4, 0.5) is 10.2 Å². The maximum absolute atomic E-state index is 12.4. The lowest BCUT2D eigenvalue weighted by molar-refractivity contribution is 0.0590. The molecule has 0 atom stereocenters. The van der Waals surface area contributed by atoms with Crippen molar-refractivity contribution in [1.29, 1.82) is 10.5 Å². The Balaban J connectivity index is 0.000000160. The summed E-state index contributed by atoms with van der Waals surface area (Å²) in [6.45, 7) is 3.66. The second kappa shape index (κ2) is 17.0. The molecule has 3 N–H and O–H groups in total. The van der Waals surface area contributed by atoms with Crippen molar-refractivity contribution in [3.8, 4) is 23.6 Å². The minimum atomic E-state index is -0.887. The van der Waals surface area contributed by atoms with Crippen LogP contribution in [0.2, 0.25) is 0 Å². The number of benzene rings is 4. The van der Waals surface area contributed by atoms with E-state index in [-0.39, 0.29) is 11.2 Å². The van der Waals surface area contributed by atoms with Crippen LogP contribution in [0.1, 0.15) is 35.5 Å². The summed E-state index contributed by atoms with van der Waals surface area (Å²) in [5.74, 6) is -1.20. The number of aromatic hydroxyl groups is 1. The molecule has 256 valence electrons. The molecular formula is C36H28FN7O7. The third-order valence-corrected chi connectivity index (χ3v) is 6.45. The van der Waals surface area contributed by atoms with Gasteiger partial charge >= 0.3 is 11.5 Å². The number of methoxy groups -OCH3 is 1. The number of esters is 1. The lowest BCUT2D eigenvalue weighted by Gasteiger charge is -2.00. The third kappa shape index (κ3) is 8.89. The van der Waals surface area contributed by atoms with Gasteiger partial charge in [-0.1, -0.05) is 58.8 Å². The van der Waals surface area contributed by atoms with E-state index in [1.54, 1.807) is 66.7 Å². The zero-order chi connectivity index (χ0) is 36.9. The van der Waals surface area contributed by atoms with Crippen molar-refractivity contribution in [3.05, 3.63) is 130 Å². The van der Waals surface area contributed by atoms with Crippen LogP contribution in [-0.2, 0) is 4.74 Å². The Bertz CT molecular complexity index is 2490. The number of anilines is 1. The summed E-state index contributed by atoms with van der Waals surface area (Å²) >= 11 is 0. The highest BCUT2D eigenvalue weighted by Gasteiger charge is 2.22. The van der Waals surface area contributed by atoms with Crippen molar-refractivity contribution >= 4 is 45.1 Å². The molecule has 51 heavy (non-hydrogen) atoms. The van der Waals surface area contributed by atoms with E-state index in [1.165, 1.54) is 12.1 Å². The van der Waals surface area contributed by atoms with E-state index < -0.39 is 28.8 Å². The molecule has 7 rings (SSSR count). The van der Waals surface area contributed by atoms with Crippen LogP contribution in [-0.4, -0.2) is 38.6 Å². The largest absolute Gasteiger partial charge is 0.501 e. The Labute approximate surface area is 288 Å². The highest BCUT2D eigenvalue weighted by Crippen LogP contribution is 2.22. The number of oxime groups is 1. The van der Waals surface area contributed by atoms with Gasteiger partial charge in [0.25, 0.3) is 0 Å². The quantitative estimate of drug-likeness (QED) is 0.117. The molecule has 0 aliphatic carbocycles. The molecule has 0 radical (unpaired) electrons. The summed E-state index contributed by atoms with van der Waals surface area (Å²) in [5.41, 5.74) is 6.89. The maximum atomic E-state index is 12.4. The van der Waals surface area contributed by atoms with Crippen molar-refractivity contribution in [3.63, 3.8) is 0 Å². The van der Waals surface area contributed by atoms with Crippen molar-refractivity contribution in [2.75, 3.05) is 12.8 Å². The van der Waals surface area contributed by atoms with Crippen molar-refractivity contribution in [2.24, 2.45) is 5.16 Å². The fourth-order valence-corrected chi connectivity index (χ4v) is 4.06. The number of halogens is 1. The van der Waals surface area contributed by atoms with Crippen molar-refractivity contribution in [1.82, 2.24) is 14.7 Å². The number of aromatic nitrogens is 3. The second-order valence-electron chi connectivity index (χ2n) is 10.2. The van der Waals surface area contributed by atoms with E-state index in [0.29, 0.717) is 28.1 Å². The summed E-state index contributed by atoms with van der Waals surface area (Å²) in [4.78, 5) is 32.4. The zero-order valence-corrected chi connectivity index (χ0v) is 27.3. The number of nitrogen functional groups attached to an aromatic ring is 1. The van der Waals surface area contributed by atoms with Crippen LogP contribution in [0.15, 0.2) is 116 Å². The number of nitrogens with zero attached hydrogens (tertiary/aromatic N) is 6. The Morgan fingerprint density at radius 1 is 0.902 bits per heavy atom. The molecule has 7 aromatic rings. The molecule has 0 bridgehead atoms. The molecule has 0 saturated carbocycles. The van der Waals surface area contributed by atoms with E-state index in [1.807, 2.05) is 44.2 Å². The Morgan fingerprint density at radius 2 is 1.49 bits per heavy atom. The molecule has 14 nitrogen and oxygen atoms in total. The smallest absolute Gasteiger partial charge is 0.360 e. The van der Waals surface area contributed by atoms with E-state index in [9.17, 15) is 19.1 Å². The summed E-state index contributed by atoms with van der Waals surface area (Å²) < 4.78 is 27.8. The first-order valence-corrected chi connectivity index (χ1v) is 14.7. The first kappa shape index (κ1) is 36.3. The van der Waals surface area contributed by atoms with Gasteiger partial charge in [-0.3, -0.25) is 4.79 Å². The molecule has 15 heteroatoms. The van der Waals surface area contributed by atoms with Gasteiger partial charge in [0, 0.05) is 0 Å². The highest BCUT2D eigenvalue weighted by atomic mass is 19.1. The zero-order valence-electron chi connectivity index (χ0n) is 27.3. The molecule has 0 fully saturated rings. The Hall–Kier alpha value is -7.52. The number of nitrogens with two attached hydrogens (primary N) is 1. The first-order valence-electron chi connectivity index (χ1n) is 14.7. The number of carbonyl (C=O) groups excluding carboxylic acids is 1. The molecule has 4 aromatic carbocycles. The SMILES string of the molecule is CC(C)=NOc1ccccc1C#N.COC(=O)c1nc2c3ccccc3on2c(=O)c1O.N#Cc1ccccc1F.Nc1noc2ccccc12. The third-order valence-electron chi connectivity index (χ3n) is 6.45. The van der Waals surface area contributed by atoms with Crippen LogP contribution in [0.5, 0.6) is 11.5 Å². The average Bonchev–Trinajstić information content (AvgIpc) is 3.73. The number of nitriles is 2. The standard InChI is InChI=1S/C12H8N2O5.C10H10N2O.C7H4FN.C7H6N2O/c1-18-12(17)8-9(15)11(16)14-10(13-8)6-4-2-3-5-7(6)19-14;1-8(2)12-13-10-6-4-3-5-9(10)7-11;8-7-4-2-1-3-6(7)5-9;8-7-5-3-1-2-4-6(5)10-9-7/h2-5,15H,1H3;3-6H,1-2H3;1-4H;1-4H,(H2,8,9). The monoisotopic (exact) mass is 689 g/mol. The van der Waals surface area contributed by atoms with E-state index in [4.69, 9.17) is 30.1 Å². The molecule has 0 spiro atoms. The maximum Gasteiger partial charge on any atom is 0.360 e. The topological polar surface area (TPSA) is 215 Å². The van der Waals surface area contributed by atoms with Crippen LogP contribution in [0.3, 0.4) is 0 Å². The second-order valence-corrected chi connectivity index (χ2v) is 10.2. The normalized spacial score (nSPS) is 9.84. The molecule has 0 amide bonds. The fraction of sp³-hybridized carbons (Fsp3) is 0.0833. The average molecular weight is 690 g/mol.